The zero-order valence-electron chi connectivity index (χ0n) is 11.7. The number of carbonyl (C=O) groups is 2. The number of alkyl halides is 3. The quantitative estimate of drug-likeness (QED) is 0.596. The largest absolute Gasteiger partial charge is 0.481 e. The molecule has 0 spiro atoms. The Hall–Kier alpha value is -1.74. The second-order valence-electron chi connectivity index (χ2n) is 5.17. The standard InChI is InChI=1S/C13H10Cl2F4N2O3/c14-7-1-9(16)10(2-8(7)15)20-12(24)21-3-5(11(22)23)6(4-21)13(17,18)19/h1-2,5-6H,3-4H2,(H,20,24)(H,22,23)/t5-,6-/m1/s1. The third-order valence-corrected chi connectivity index (χ3v) is 4.32. The molecule has 1 aliphatic heterocycles. The molecule has 0 aromatic heterocycles. The molecule has 2 atom stereocenters. The fourth-order valence-electron chi connectivity index (χ4n) is 2.36. The zero-order valence-corrected chi connectivity index (χ0v) is 13.2. The van der Waals surface area contributed by atoms with Gasteiger partial charge in [0.1, 0.15) is 5.82 Å². The molecule has 2 rings (SSSR count). The number of carbonyl (C=O) groups excluding carboxylic acids is 1. The van der Waals surface area contributed by atoms with Crippen molar-refractivity contribution < 1.29 is 32.3 Å². The predicted molar refractivity (Wildman–Crippen MR) is 77.7 cm³/mol. The molecule has 0 aliphatic carbocycles. The van der Waals surface area contributed by atoms with Gasteiger partial charge in [-0.25, -0.2) is 9.18 Å². The van der Waals surface area contributed by atoms with Gasteiger partial charge in [-0.2, -0.15) is 13.2 Å². The van der Waals surface area contributed by atoms with Crippen LogP contribution in [0.25, 0.3) is 0 Å². The van der Waals surface area contributed by atoms with Gasteiger partial charge in [-0.15, -0.1) is 0 Å². The third kappa shape index (κ3) is 3.84. The van der Waals surface area contributed by atoms with E-state index in [2.05, 4.69) is 5.32 Å². The maximum Gasteiger partial charge on any atom is 0.394 e. The van der Waals surface area contributed by atoms with Crippen molar-refractivity contribution in [3.8, 4) is 0 Å². The molecule has 0 unspecified atom stereocenters. The summed E-state index contributed by atoms with van der Waals surface area (Å²) in [6.07, 6.45) is -4.77. The lowest BCUT2D eigenvalue weighted by molar-refractivity contribution is -0.187. The molecule has 2 N–H and O–H groups in total. The van der Waals surface area contributed by atoms with E-state index in [9.17, 15) is 27.2 Å². The van der Waals surface area contributed by atoms with Crippen molar-refractivity contribution in [2.45, 2.75) is 6.18 Å². The summed E-state index contributed by atoms with van der Waals surface area (Å²) in [6.45, 7) is -1.48. The Morgan fingerprint density at radius 2 is 1.79 bits per heavy atom. The molecule has 2 amide bonds. The number of anilines is 1. The van der Waals surface area contributed by atoms with Crippen molar-refractivity contribution in [2.75, 3.05) is 18.4 Å². The van der Waals surface area contributed by atoms with Crippen molar-refractivity contribution in [2.24, 2.45) is 11.8 Å². The average Bonchev–Trinajstić information content (AvgIpc) is 2.90. The molecule has 1 fully saturated rings. The topological polar surface area (TPSA) is 69.6 Å². The summed E-state index contributed by atoms with van der Waals surface area (Å²) in [5.41, 5.74) is -0.378. The van der Waals surface area contributed by atoms with E-state index in [0.29, 0.717) is 4.90 Å². The molecular formula is C13H10Cl2F4N2O3. The molecule has 1 aromatic carbocycles. The Labute approximate surface area is 143 Å². The van der Waals surface area contributed by atoms with Crippen LogP contribution in [0.3, 0.4) is 0 Å². The summed E-state index contributed by atoms with van der Waals surface area (Å²) in [4.78, 5) is 23.7. The van der Waals surface area contributed by atoms with Gasteiger partial charge in [-0.1, -0.05) is 23.2 Å². The van der Waals surface area contributed by atoms with Gasteiger partial charge in [-0.3, -0.25) is 4.79 Å². The van der Waals surface area contributed by atoms with Crippen LogP contribution in [0.15, 0.2) is 12.1 Å². The number of hydrogen-bond acceptors (Lipinski definition) is 2. The fraction of sp³-hybridized carbons (Fsp3) is 0.385. The van der Waals surface area contributed by atoms with Gasteiger partial charge in [0.25, 0.3) is 0 Å². The lowest BCUT2D eigenvalue weighted by atomic mass is 9.96. The van der Waals surface area contributed by atoms with Crippen LogP contribution in [0.1, 0.15) is 0 Å². The summed E-state index contributed by atoms with van der Waals surface area (Å²) in [5.74, 6) is -6.57. The molecule has 0 bridgehead atoms. The zero-order chi connectivity index (χ0) is 18.2. The number of amides is 2. The summed E-state index contributed by atoms with van der Waals surface area (Å²) < 4.78 is 52.3. The molecule has 132 valence electrons. The second kappa shape index (κ2) is 6.64. The highest BCUT2D eigenvalue weighted by Crippen LogP contribution is 2.38. The van der Waals surface area contributed by atoms with Gasteiger partial charge in [0.05, 0.1) is 27.6 Å². The van der Waals surface area contributed by atoms with Gasteiger partial charge < -0.3 is 15.3 Å². The molecule has 0 saturated carbocycles. The molecule has 11 heteroatoms. The molecule has 0 radical (unpaired) electrons. The van der Waals surface area contributed by atoms with E-state index < -0.39 is 48.9 Å². The molecule has 1 saturated heterocycles. The second-order valence-corrected chi connectivity index (χ2v) is 5.99. The normalized spacial score (nSPS) is 21.0. The number of halogens is 6. The Bertz CT molecular complexity index is 684. The number of rotatable bonds is 2. The van der Waals surface area contributed by atoms with E-state index in [1.54, 1.807) is 0 Å². The fourth-order valence-corrected chi connectivity index (χ4v) is 2.68. The predicted octanol–water partition coefficient (Wildman–Crippen LogP) is 3.86. The van der Waals surface area contributed by atoms with E-state index in [-0.39, 0.29) is 15.7 Å². The summed E-state index contributed by atoms with van der Waals surface area (Å²) in [5, 5.41) is 10.8. The number of hydrogen-bond donors (Lipinski definition) is 2. The minimum Gasteiger partial charge on any atom is -0.481 e. The van der Waals surface area contributed by atoms with Crippen LogP contribution in [0.4, 0.5) is 28.0 Å². The average molecular weight is 389 g/mol. The van der Waals surface area contributed by atoms with E-state index in [0.717, 1.165) is 12.1 Å². The van der Waals surface area contributed by atoms with E-state index >= 15 is 0 Å². The van der Waals surface area contributed by atoms with Crippen molar-refractivity contribution >= 4 is 40.9 Å². The minimum absolute atomic E-state index is 0.0635. The first-order chi connectivity index (χ1) is 11.0. The molecule has 1 heterocycles. The third-order valence-electron chi connectivity index (χ3n) is 3.60. The van der Waals surface area contributed by atoms with E-state index in [1.165, 1.54) is 0 Å². The Balaban J connectivity index is 2.16. The first-order valence-corrected chi connectivity index (χ1v) is 7.26. The molecule has 1 aliphatic rings. The number of carboxylic acids is 1. The van der Waals surface area contributed by atoms with Crippen molar-refractivity contribution in [3.05, 3.63) is 28.0 Å². The van der Waals surface area contributed by atoms with Crippen LogP contribution in [0, 0.1) is 17.7 Å². The molecule has 1 aromatic rings. The van der Waals surface area contributed by atoms with E-state index in [4.69, 9.17) is 28.3 Å². The number of urea groups is 1. The lowest BCUT2D eigenvalue weighted by Crippen LogP contribution is -2.35. The highest BCUT2D eigenvalue weighted by Gasteiger charge is 2.53. The Morgan fingerprint density at radius 3 is 2.29 bits per heavy atom. The van der Waals surface area contributed by atoms with Crippen LogP contribution >= 0.6 is 23.2 Å². The van der Waals surface area contributed by atoms with Crippen molar-refractivity contribution in [3.63, 3.8) is 0 Å². The maximum atomic E-state index is 13.7. The Kier molecular flexibility index (Phi) is 5.14. The van der Waals surface area contributed by atoms with Crippen molar-refractivity contribution in [1.82, 2.24) is 4.90 Å². The van der Waals surface area contributed by atoms with Gasteiger partial charge in [0.2, 0.25) is 0 Å². The van der Waals surface area contributed by atoms with Crippen LogP contribution in [-0.2, 0) is 4.79 Å². The number of benzene rings is 1. The minimum atomic E-state index is -4.77. The van der Waals surface area contributed by atoms with Gasteiger partial charge >= 0.3 is 18.2 Å². The number of carboxylic acid groups (broad SMARTS) is 1. The van der Waals surface area contributed by atoms with Crippen molar-refractivity contribution in [1.29, 1.82) is 0 Å². The molecule has 5 nitrogen and oxygen atoms in total. The molecular weight excluding hydrogens is 379 g/mol. The van der Waals surface area contributed by atoms with Crippen LogP contribution in [-0.4, -0.2) is 41.3 Å². The number of nitrogens with one attached hydrogen (secondary N) is 1. The highest BCUT2D eigenvalue weighted by atomic mass is 35.5. The molecule has 24 heavy (non-hydrogen) atoms. The maximum absolute atomic E-state index is 13.7. The monoisotopic (exact) mass is 388 g/mol. The first-order valence-electron chi connectivity index (χ1n) is 6.50. The summed E-state index contributed by atoms with van der Waals surface area (Å²) in [7, 11) is 0. The first kappa shape index (κ1) is 18.6. The lowest BCUT2D eigenvalue weighted by Gasteiger charge is -2.19. The van der Waals surface area contributed by atoms with Crippen LogP contribution in [0.2, 0.25) is 10.0 Å². The highest BCUT2D eigenvalue weighted by molar-refractivity contribution is 6.42. The smallest absolute Gasteiger partial charge is 0.394 e. The number of aliphatic carboxylic acids is 1. The summed E-state index contributed by atoms with van der Waals surface area (Å²) >= 11 is 11.3. The van der Waals surface area contributed by atoms with E-state index in [1.807, 2.05) is 0 Å². The number of nitrogens with zero attached hydrogens (tertiary/aromatic N) is 1. The van der Waals surface area contributed by atoms with Crippen LogP contribution < -0.4 is 5.32 Å². The number of likely N-dealkylation sites (tertiary alicyclic amines) is 1. The SMILES string of the molecule is O=C(O)[C@@H]1CN(C(=O)Nc2cc(Cl)c(Cl)cc2F)C[C@H]1C(F)(F)F. The van der Waals surface area contributed by atoms with Gasteiger partial charge in [0, 0.05) is 13.1 Å². The summed E-state index contributed by atoms with van der Waals surface area (Å²) in [6, 6.07) is 0.774. The Morgan fingerprint density at radius 1 is 1.21 bits per heavy atom. The van der Waals surface area contributed by atoms with Crippen LogP contribution in [0.5, 0.6) is 0 Å². The van der Waals surface area contributed by atoms with Gasteiger partial charge in [-0.05, 0) is 12.1 Å². The van der Waals surface area contributed by atoms with Gasteiger partial charge in [0.15, 0.2) is 0 Å².